The number of hydrogen-bond acceptors (Lipinski definition) is 3. The first kappa shape index (κ1) is 16.9. The molecule has 1 aliphatic rings. The summed E-state index contributed by atoms with van der Waals surface area (Å²) < 4.78 is 28.6. The first-order chi connectivity index (χ1) is 8.70. The zero-order chi connectivity index (χ0) is 14.7. The fourth-order valence-corrected chi connectivity index (χ4v) is 4.00. The molecule has 0 aliphatic carbocycles. The molecule has 1 N–H and O–H groups in total. The molecule has 1 saturated heterocycles. The molecule has 5 nitrogen and oxygen atoms in total. The SMILES string of the molecule is CCN(CC)S(=O)(=O)NC1CCN(C(C)(C)C)CC1. The maximum atomic E-state index is 12.1. The third-order valence-electron chi connectivity index (χ3n) is 3.80. The summed E-state index contributed by atoms with van der Waals surface area (Å²) in [4.78, 5) is 2.41. The lowest BCUT2D eigenvalue weighted by Gasteiger charge is -2.41. The maximum absolute atomic E-state index is 12.1. The molecule has 0 unspecified atom stereocenters. The second-order valence-corrected chi connectivity index (χ2v) is 7.84. The van der Waals surface area contributed by atoms with Crippen molar-refractivity contribution in [2.24, 2.45) is 0 Å². The van der Waals surface area contributed by atoms with E-state index in [1.807, 2.05) is 13.8 Å². The average Bonchev–Trinajstić information content (AvgIpc) is 2.29. The van der Waals surface area contributed by atoms with Crippen molar-refractivity contribution < 1.29 is 8.42 Å². The van der Waals surface area contributed by atoms with Gasteiger partial charge in [0.2, 0.25) is 0 Å². The molecule has 0 aromatic carbocycles. The highest BCUT2D eigenvalue weighted by molar-refractivity contribution is 7.87. The molecular formula is C13H29N3O2S. The minimum Gasteiger partial charge on any atom is -0.298 e. The number of nitrogens with one attached hydrogen (secondary N) is 1. The van der Waals surface area contributed by atoms with Gasteiger partial charge in [-0.3, -0.25) is 4.90 Å². The zero-order valence-electron chi connectivity index (χ0n) is 12.9. The van der Waals surface area contributed by atoms with Crippen LogP contribution in [-0.2, 0) is 10.2 Å². The summed E-state index contributed by atoms with van der Waals surface area (Å²) >= 11 is 0. The van der Waals surface area contributed by atoms with Crippen LogP contribution in [0.25, 0.3) is 0 Å². The number of piperidine rings is 1. The summed E-state index contributed by atoms with van der Waals surface area (Å²) in [5, 5.41) is 0. The number of likely N-dealkylation sites (tertiary alicyclic amines) is 1. The van der Waals surface area contributed by atoms with E-state index >= 15 is 0 Å². The summed E-state index contributed by atoms with van der Waals surface area (Å²) in [5.41, 5.74) is 0.169. The lowest BCUT2D eigenvalue weighted by molar-refractivity contribution is 0.100. The Balaban J connectivity index is 2.54. The van der Waals surface area contributed by atoms with Crippen LogP contribution in [0.5, 0.6) is 0 Å². The quantitative estimate of drug-likeness (QED) is 0.833. The molecule has 1 heterocycles. The van der Waals surface area contributed by atoms with Crippen molar-refractivity contribution in [2.45, 2.75) is 59.0 Å². The molecule has 0 atom stereocenters. The molecule has 0 aromatic heterocycles. The number of nitrogens with zero attached hydrogens (tertiary/aromatic N) is 2. The first-order valence-electron chi connectivity index (χ1n) is 7.23. The Morgan fingerprint density at radius 3 is 2.00 bits per heavy atom. The molecule has 0 bridgehead atoms. The molecule has 6 heteroatoms. The Hall–Kier alpha value is -0.170. The molecular weight excluding hydrogens is 262 g/mol. The lowest BCUT2D eigenvalue weighted by atomic mass is 9.99. The van der Waals surface area contributed by atoms with Crippen LogP contribution < -0.4 is 4.72 Å². The highest BCUT2D eigenvalue weighted by Crippen LogP contribution is 2.20. The molecule has 1 aliphatic heterocycles. The van der Waals surface area contributed by atoms with Gasteiger partial charge in [-0.05, 0) is 33.6 Å². The van der Waals surface area contributed by atoms with Crippen LogP contribution in [-0.4, -0.2) is 55.4 Å². The van der Waals surface area contributed by atoms with Gasteiger partial charge in [-0.15, -0.1) is 0 Å². The summed E-state index contributed by atoms with van der Waals surface area (Å²) in [6, 6.07) is 0.0733. The summed E-state index contributed by atoms with van der Waals surface area (Å²) in [7, 11) is -3.31. The van der Waals surface area contributed by atoms with Crippen LogP contribution in [0, 0.1) is 0 Å². The van der Waals surface area contributed by atoms with Gasteiger partial charge in [0.05, 0.1) is 0 Å². The fourth-order valence-electron chi connectivity index (χ4n) is 2.52. The van der Waals surface area contributed by atoms with Gasteiger partial charge in [0.25, 0.3) is 10.2 Å². The predicted octanol–water partition coefficient (Wildman–Crippen LogP) is 1.43. The van der Waals surface area contributed by atoms with Gasteiger partial charge in [0, 0.05) is 37.8 Å². The van der Waals surface area contributed by atoms with E-state index in [0.717, 1.165) is 25.9 Å². The van der Waals surface area contributed by atoms with E-state index in [9.17, 15) is 8.42 Å². The van der Waals surface area contributed by atoms with Crippen molar-refractivity contribution in [1.29, 1.82) is 0 Å². The van der Waals surface area contributed by atoms with Crippen LogP contribution in [0.2, 0.25) is 0 Å². The van der Waals surface area contributed by atoms with Gasteiger partial charge in [-0.25, -0.2) is 0 Å². The molecule has 0 radical (unpaired) electrons. The third kappa shape index (κ3) is 4.70. The van der Waals surface area contributed by atoms with Gasteiger partial charge in [-0.1, -0.05) is 13.8 Å². The molecule has 19 heavy (non-hydrogen) atoms. The smallest absolute Gasteiger partial charge is 0.279 e. The second-order valence-electron chi connectivity index (χ2n) is 6.14. The standard InChI is InChI=1S/C13H29N3O2S/c1-6-16(7-2)19(17,18)14-12-8-10-15(11-9-12)13(3,4)5/h12,14H,6-11H2,1-5H3. The van der Waals surface area contributed by atoms with Crippen LogP contribution in [0.3, 0.4) is 0 Å². The van der Waals surface area contributed by atoms with E-state index in [1.54, 1.807) is 0 Å². The molecule has 0 amide bonds. The monoisotopic (exact) mass is 291 g/mol. The molecule has 1 rings (SSSR count). The van der Waals surface area contributed by atoms with Crippen molar-refractivity contribution >= 4 is 10.2 Å². The van der Waals surface area contributed by atoms with Crippen molar-refractivity contribution in [3.8, 4) is 0 Å². The van der Waals surface area contributed by atoms with E-state index in [-0.39, 0.29) is 11.6 Å². The minimum atomic E-state index is -3.31. The van der Waals surface area contributed by atoms with Crippen molar-refractivity contribution in [2.75, 3.05) is 26.2 Å². The van der Waals surface area contributed by atoms with E-state index in [4.69, 9.17) is 0 Å². The highest BCUT2D eigenvalue weighted by Gasteiger charge is 2.30. The van der Waals surface area contributed by atoms with E-state index in [1.165, 1.54) is 4.31 Å². The van der Waals surface area contributed by atoms with Gasteiger partial charge in [-0.2, -0.15) is 17.4 Å². The Bertz CT molecular complexity index is 364. The topological polar surface area (TPSA) is 52.7 Å². The Morgan fingerprint density at radius 1 is 1.16 bits per heavy atom. The Labute approximate surface area is 118 Å². The summed E-state index contributed by atoms with van der Waals surface area (Å²) in [6.45, 7) is 13.3. The molecule has 0 aromatic rings. The molecule has 0 spiro atoms. The normalized spacial score (nSPS) is 20.1. The van der Waals surface area contributed by atoms with E-state index in [2.05, 4.69) is 30.4 Å². The van der Waals surface area contributed by atoms with Gasteiger partial charge < -0.3 is 0 Å². The van der Waals surface area contributed by atoms with Crippen LogP contribution in [0.15, 0.2) is 0 Å². The Kier molecular flexibility index (Phi) is 5.79. The predicted molar refractivity (Wildman–Crippen MR) is 79.3 cm³/mol. The van der Waals surface area contributed by atoms with Crippen molar-refractivity contribution in [1.82, 2.24) is 13.9 Å². The second kappa shape index (κ2) is 6.52. The largest absolute Gasteiger partial charge is 0.298 e. The average molecular weight is 291 g/mol. The lowest BCUT2D eigenvalue weighted by Crippen LogP contribution is -2.52. The van der Waals surface area contributed by atoms with Crippen LogP contribution >= 0.6 is 0 Å². The molecule has 0 saturated carbocycles. The zero-order valence-corrected chi connectivity index (χ0v) is 13.8. The van der Waals surface area contributed by atoms with Crippen molar-refractivity contribution in [3.05, 3.63) is 0 Å². The maximum Gasteiger partial charge on any atom is 0.279 e. The van der Waals surface area contributed by atoms with Gasteiger partial charge in [0.1, 0.15) is 0 Å². The van der Waals surface area contributed by atoms with E-state index in [0.29, 0.717) is 13.1 Å². The third-order valence-corrected chi connectivity index (χ3v) is 5.63. The minimum absolute atomic E-state index is 0.0733. The van der Waals surface area contributed by atoms with Gasteiger partial charge in [0.15, 0.2) is 0 Å². The van der Waals surface area contributed by atoms with Crippen LogP contribution in [0.4, 0.5) is 0 Å². The summed E-state index contributed by atoms with van der Waals surface area (Å²) in [5.74, 6) is 0. The van der Waals surface area contributed by atoms with Crippen LogP contribution in [0.1, 0.15) is 47.5 Å². The highest BCUT2D eigenvalue weighted by atomic mass is 32.2. The van der Waals surface area contributed by atoms with Crippen molar-refractivity contribution in [3.63, 3.8) is 0 Å². The number of hydrogen-bond donors (Lipinski definition) is 1. The summed E-state index contributed by atoms with van der Waals surface area (Å²) in [6.07, 6.45) is 1.77. The van der Waals surface area contributed by atoms with E-state index < -0.39 is 10.2 Å². The number of rotatable bonds is 5. The Morgan fingerprint density at radius 2 is 1.63 bits per heavy atom. The fraction of sp³-hybridized carbons (Fsp3) is 1.00. The van der Waals surface area contributed by atoms with Gasteiger partial charge >= 0.3 is 0 Å². The molecule has 1 fully saturated rings. The molecule has 114 valence electrons. The first-order valence-corrected chi connectivity index (χ1v) is 8.67.